The number of para-hydroxylation sites is 3. The first kappa shape index (κ1) is 25.7. The second-order valence-electron chi connectivity index (χ2n) is 12.1. The molecule has 0 fully saturated rings. The van der Waals surface area contributed by atoms with Gasteiger partial charge in [0.25, 0.3) is 0 Å². The minimum absolute atomic E-state index is 0.234. The van der Waals surface area contributed by atoms with E-state index in [1.807, 2.05) is 11.3 Å². The van der Waals surface area contributed by atoms with E-state index in [-0.39, 0.29) is 11.8 Å². The fourth-order valence-corrected chi connectivity index (χ4v) is 8.92. The number of aromatic nitrogens is 3. The highest BCUT2D eigenvalue weighted by Crippen LogP contribution is 2.51. The highest BCUT2D eigenvalue weighted by atomic mass is 32.1. The minimum atomic E-state index is 0.234. The molecule has 0 saturated heterocycles. The quantitative estimate of drug-likeness (QED) is 0.201. The Kier molecular flexibility index (Phi) is 5.57. The Labute approximate surface area is 270 Å². The van der Waals surface area contributed by atoms with E-state index in [0.29, 0.717) is 0 Å². The summed E-state index contributed by atoms with van der Waals surface area (Å²) in [5.41, 5.74) is 9.19. The summed E-state index contributed by atoms with van der Waals surface area (Å²) in [6.45, 7) is 0. The molecule has 0 radical (unpaired) electrons. The van der Waals surface area contributed by atoms with Crippen molar-refractivity contribution in [1.82, 2.24) is 14.5 Å². The van der Waals surface area contributed by atoms with Gasteiger partial charge in [-0.2, -0.15) is 0 Å². The van der Waals surface area contributed by atoms with E-state index in [1.165, 1.54) is 48.0 Å². The van der Waals surface area contributed by atoms with E-state index >= 15 is 0 Å². The van der Waals surface area contributed by atoms with Gasteiger partial charge in [0.1, 0.15) is 0 Å². The number of allylic oxidation sites excluding steroid dienone is 5. The molecule has 46 heavy (non-hydrogen) atoms. The Bertz CT molecular complexity index is 2550. The zero-order valence-corrected chi connectivity index (χ0v) is 25.7. The Morgan fingerprint density at radius 1 is 0.587 bits per heavy atom. The number of nitrogens with zero attached hydrogens (tertiary/aromatic N) is 3. The van der Waals surface area contributed by atoms with Crippen LogP contribution >= 0.6 is 11.3 Å². The summed E-state index contributed by atoms with van der Waals surface area (Å²) >= 11 is 1.88. The van der Waals surface area contributed by atoms with E-state index in [4.69, 9.17) is 9.97 Å². The Hall–Kier alpha value is -5.58. The van der Waals surface area contributed by atoms with Crippen LogP contribution in [0.4, 0.5) is 0 Å². The molecular formula is C42H27N3S. The summed E-state index contributed by atoms with van der Waals surface area (Å²) in [5, 5.41) is 4.92. The van der Waals surface area contributed by atoms with Gasteiger partial charge in [0.05, 0.1) is 32.6 Å². The number of fused-ring (bicyclic) bond motifs is 9. The highest BCUT2D eigenvalue weighted by molar-refractivity contribution is 7.20. The van der Waals surface area contributed by atoms with E-state index in [2.05, 4.69) is 156 Å². The average Bonchev–Trinajstić information content (AvgIpc) is 3.68. The number of benzene rings is 5. The van der Waals surface area contributed by atoms with Gasteiger partial charge in [0.15, 0.2) is 5.82 Å². The van der Waals surface area contributed by atoms with Gasteiger partial charge in [-0.3, -0.25) is 0 Å². The summed E-state index contributed by atoms with van der Waals surface area (Å²) in [7, 11) is 0. The molecule has 5 aromatic carbocycles. The predicted molar refractivity (Wildman–Crippen MR) is 193 cm³/mol. The van der Waals surface area contributed by atoms with Crippen molar-refractivity contribution in [3.63, 3.8) is 0 Å². The van der Waals surface area contributed by atoms with Crippen LogP contribution in [0.15, 0.2) is 152 Å². The van der Waals surface area contributed by atoms with Gasteiger partial charge >= 0.3 is 0 Å². The van der Waals surface area contributed by atoms with Crippen LogP contribution in [0.2, 0.25) is 0 Å². The van der Waals surface area contributed by atoms with Gasteiger partial charge in [-0.25, -0.2) is 9.97 Å². The molecule has 0 amide bonds. The Morgan fingerprint density at radius 2 is 1.26 bits per heavy atom. The molecule has 0 aliphatic heterocycles. The number of hydrogen-bond acceptors (Lipinski definition) is 3. The summed E-state index contributed by atoms with van der Waals surface area (Å²) in [6.07, 6.45) is 11.5. The lowest BCUT2D eigenvalue weighted by atomic mass is 9.76. The monoisotopic (exact) mass is 605 g/mol. The lowest BCUT2D eigenvalue weighted by molar-refractivity contribution is 0.696. The average molecular weight is 606 g/mol. The molecule has 8 aromatic rings. The summed E-state index contributed by atoms with van der Waals surface area (Å²) in [4.78, 5) is 11.8. The van der Waals surface area contributed by atoms with Crippen LogP contribution in [0.1, 0.15) is 22.2 Å². The zero-order chi connectivity index (χ0) is 30.2. The zero-order valence-electron chi connectivity index (χ0n) is 24.8. The maximum Gasteiger partial charge on any atom is 0.161 e. The fraction of sp³-hybridized carbons (Fsp3) is 0.0476. The molecule has 2 atom stereocenters. The first-order chi connectivity index (χ1) is 22.8. The fourth-order valence-electron chi connectivity index (χ4n) is 7.54. The third-order valence-electron chi connectivity index (χ3n) is 9.56. The normalized spacial score (nSPS) is 17.1. The van der Waals surface area contributed by atoms with E-state index in [9.17, 15) is 0 Å². The SMILES string of the molecule is C1=CC2C=C(c3nc(-c4ccccc4)c4ccccc4n3)c3sc4c(-n5c6ccccc6c6ccccc65)cccc4c3C2C=C1. The first-order valence-corrected chi connectivity index (χ1v) is 16.6. The van der Waals surface area contributed by atoms with Crippen molar-refractivity contribution in [2.75, 3.05) is 0 Å². The molecule has 216 valence electrons. The van der Waals surface area contributed by atoms with Gasteiger partial charge in [0.2, 0.25) is 0 Å². The van der Waals surface area contributed by atoms with Crippen LogP contribution in [-0.4, -0.2) is 14.5 Å². The Morgan fingerprint density at radius 3 is 2.07 bits per heavy atom. The van der Waals surface area contributed by atoms with Crippen molar-refractivity contribution >= 4 is 59.7 Å². The lowest BCUT2D eigenvalue weighted by Crippen LogP contribution is -2.16. The summed E-state index contributed by atoms with van der Waals surface area (Å²) in [5.74, 6) is 1.28. The van der Waals surface area contributed by atoms with Crippen LogP contribution in [0.3, 0.4) is 0 Å². The number of hydrogen-bond donors (Lipinski definition) is 0. The highest BCUT2D eigenvalue weighted by Gasteiger charge is 2.34. The van der Waals surface area contributed by atoms with Crippen molar-refractivity contribution in [1.29, 1.82) is 0 Å². The largest absolute Gasteiger partial charge is 0.308 e. The number of thiophene rings is 1. The van der Waals surface area contributed by atoms with Crippen molar-refractivity contribution < 1.29 is 0 Å². The van der Waals surface area contributed by atoms with Crippen molar-refractivity contribution in [2.45, 2.75) is 5.92 Å². The second-order valence-corrected chi connectivity index (χ2v) is 13.1. The predicted octanol–water partition coefficient (Wildman–Crippen LogP) is 10.9. The van der Waals surface area contributed by atoms with Crippen LogP contribution in [0, 0.1) is 5.92 Å². The molecule has 2 aliphatic carbocycles. The Balaban J connectivity index is 1.26. The molecule has 0 bridgehead atoms. The maximum absolute atomic E-state index is 5.34. The van der Waals surface area contributed by atoms with Gasteiger partial charge in [-0.15, -0.1) is 11.3 Å². The second kappa shape index (κ2) is 9.96. The molecule has 3 aromatic heterocycles. The third kappa shape index (κ3) is 3.71. The van der Waals surface area contributed by atoms with Gasteiger partial charge in [-0.1, -0.05) is 127 Å². The number of rotatable bonds is 3. The van der Waals surface area contributed by atoms with Gasteiger partial charge in [0, 0.05) is 44.0 Å². The van der Waals surface area contributed by atoms with E-state index in [1.54, 1.807) is 0 Å². The van der Waals surface area contributed by atoms with Crippen LogP contribution in [0.25, 0.3) is 65.3 Å². The molecule has 3 nitrogen and oxygen atoms in total. The smallest absolute Gasteiger partial charge is 0.161 e. The van der Waals surface area contributed by atoms with Crippen molar-refractivity contribution in [2.24, 2.45) is 5.92 Å². The maximum atomic E-state index is 5.34. The van der Waals surface area contributed by atoms with Gasteiger partial charge < -0.3 is 4.57 Å². The molecule has 0 N–H and O–H groups in total. The topological polar surface area (TPSA) is 30.7 Å². The molecule has 0 saturated carbocycles. The van der Waals surface area contributed by atoms with Crippen LogP contribution in [0.5, 0.6) is 0 Å². The molecule has 3 heterocycles. The van der Waals surface area contributed by atoms with Crippen LogP contribution < -0.4 is 0 Å². The third-order valence-corrected chi connectivity index (χ3v) is 10.8. The van der Waals surface area contributed by atoms with E-state index < -0.39 is 0 Å². The lowest BCUT2D eigenvalue weighted by Gasteiger charge is -2.28. The summed E-state index contributed by atoms with van der Waals surface area (Å²) < 4.78 is 3.74. The molecule has 2 unspecified atom stereocenters. The molecular weight excluding hydrogens is 579 g/mol. The van der Waals surface area contributed by atoms with Crippen molar-refractivity contribution in [3.8, 4) is 16.9 Å². The first-order valence-electron chi connectivity index (χ1n) is 15.8. The molecule has 4 heteroatoms. The minimum Gasteiger partial charge on any atom is -0.308 e. The standard InChI is InChI=1S/C42H27N3S/c1-2-13-26(14-3-1)39-31-19-6-9-21-34(31)43-42(44-39)33-25-27-15-4-5-16-28(27)38-32-20-12-24-37(40(32)46-41(33)38)45-35-22-10-7-17-29(35)30-18-8-11-23-36(30)45/h1-25,27-28H. The van der Waals surface area contributed by atoms with E-state index in [0.717, 1.165) is 33.6 Å². The van der Waals surface area contributed by atoms with Crippen molar-refractivity contribution in [3.05, 3.63) is 168 Å². The molecule has 2 aliphatic rings. The molecule has 0 spiro atoms. The van der Waals surface area contributed by atoms with Crippen LogP contribution in [-0.2, 0) is 0 Å². The van der Waals surface area contributed by atoms with Gasteiger partial charge in [-0.05, 0) is 35.2 Å². The molecule has 10 rings (SSSR count). The summed E-state index contributed by atoms with van der Waals surface area (Å²) in [6, 6.07) is 43.2.